The predicted molar refractivity (Wildman–Crippen MR) is 97.6 cm³/mol. The van der Waals surface area contributed by atoms with Crippen molar-refractivity contribution in [3.63, 3.8) is 0 Å². The average molecular weight is 359 g/mol. The third-order valence-electron chi connectivity index (χ3n) is 4.15. The highest BCUT2D eigenvalue weighted by Gasteiger charge is 2.27. The van der Waals surface area contributed by atoms with Crippen molar-refractivity contribution in [1.29, 1.82) is 0 Å². The SMILES string of the molecule is C=CC(=O)NCc1ccc(C(=O)N2CCCC(OC(=O)N(C)C)C2)cc1. The van der Waals surface area contributed by atoms with E-state index < -0.39 is 6.09 Å². The van der Waals surface area contributed by atoms with Crippen LogP contribution in [0.2, 0.25) is 0 Å². The summed E-state index contributed by atoms with van der Waals surface area (Å²) in [5, 5.41) is 2.69. The molecule has 140 valence electrons. The maximum absolute atomic E-state index is 12.7. The van der Waals surface area contributed by atoms with Gasteiger partial charge < -0.3 is 19.9 Å². The number of benzene rings is 1. The number of ether oxygens (including phenoxy) is 1. The molecule has 1 fully saturated rings. The van der Waals surface area contributed by atoms with Gasteiger partial charge in [-0.2, -0.15) is 0 Å². The quantitative estimate of drug-likeness (QED) is 0.813. The van der Waals surface area contributed by atoms with Crippen LogP contribution in [0.4, 0.5) is 4.79 Å². The molecule has 3 amide bonds. The van der Waals surface area contributed by atoms with E-state index in [0.717, 1.165) is 18.4 Å². The molecule has 1 saturated heterocycles. The molecule has 0 aromatic heterocycles. The first-order valence-electron chi connectivity index (χ1n) is 8.57. The number of rotatable bonds is 5. The van der Waals surface area contributed by atoms with Gasteiger partial charge in [0.15, 0.2) is 0 Å². The molecule has 0 spiro atoms. The van der Waals surface area contributed by atoms with Gasteiger partial charge in [-0.05, 0) is 36.6 Å². The highest BCUT2D eigenvalue weighted by atomic mass is 16.6. The number of amides is 3. The van der Waals surface area contributed by atoms with Crippen LogP contribution in [0.5, 0.6) is 0 Å². The van der Waals surface area contributed by atoms with Gasteiger partial charge in [-0.15, -0.1) is 0 Å². The van der Waals surface area contributed by atoms with Gasteiger partial charge in [-0.3, -0.25) is 9.59 Å². The fourth-order valence-corrected chi connectivity index (χ4v) is 2.68. The molecule has 7 nitrogen and oxygen atoms in total. The van der Waals surface area contributed by atoms with Crippen LogP contribution in [0.3, 0.4) is 0 Å². The van der Waals surface area contributed by atoms with E-state index in [2.05, 4.69) is 11.9 Å². The van der Waals surface area contributed by atoms with Crippen molar-refractivity contribution in [2.24, 2.45) is 0 Å². The molecule has 0 radical (unpaired) electrons. The normalized spacial score (nSPS) is 16.5. The van der Waals surface area contributed by atoms with E-state index in [1.165, 1.54) is 11.0 Å². The second kappa shape index (κ2) is 9.03. The molecule has 26 heavy (non-hydrogen) atoms. The number of carbonyl (C=O) groups is 3. The number of hydrogen-bond acceptors (Lipinski definition) is 4. The Hall–Kier alpha value is -2.83. The predicted octanol–water partition coefficient (Wildman–Crippen LogP) is 1.79. The van der Waals surface area contributed by atoms with Gasteiger partial charge in [0.1, 0.15) is 6.10 Å². The van der Waals surface area contributed by atoms with E-state index in [-0.39, 0.29) is 17.9 Å². The Bertz CT molecular complexity index is 670. The Balaban J connectivity index is 1.94. The summed E-state index contributed by atoms with van der Waals surface area (Å²) in [6.45, 7) is 4.82. The third kappa shape index (κ3) is 5.34. The zero-order chi connectivity index (χ0) is 19.1. The molecule has 1 aliphatic rings. The van der Waals surface area contributed by atoms with Gasteiger partial charge in [0.25, 0.3) is 5.91 Å². The van der Waals surface area contributed by atoms with Crippen molar-refractivity contribution in [3.05, 3.63) is 48.0 Å². The van der Waals surface area contributed by atoms with Gasteiger partial charge in [0.05, 0.1) is 6.54 Å². The molecule has 1 aromatic carbocycles. The summed E-state index contributed by atoms with van der Waals surface area (Å²) in [4.78, 5) is 38.7. The lowest BCUT2D eigenvalue weighted by atomic mass is 10.1. The summed E-state index contributed by atoms with van der Waals surface area (Å²) in [6.07, 6.45) is 2.09. The largest absolute Gasteiger partial charge is 0.444 e. The first-order chi connectivity index (χ1) is 12.4. The van der Waals surface area contributed by atoms with Crippen molar-refractivity contribution in [1.82, 2.24) is 15.1 Å². The minimum Gasteiger partial charge on any atom is -0.444 e. The molecule has 1 N–H and O–H groups in total. The Labute approximate surface area is 153 Å². The number of piperidine rings is 1. The standard InChI is InChI=1S/C19H25N3O4/c1-4-17(23)20-12-14-7-9-15(10-8-14)18(24)22-11-5-6-16(13-22)26-19(25)21(2)3/h4,7-10,16H,1,5-6,11-13H2,2-3H3,(H,20,23). The van der Waals surface area contributed by atoms with Gasteiger partial charge >= 0.3 is 6.09 Å². The fraction of sp³-hybridized carbons (Fsp3) is 0.421. The third-order valence-corrected chi connectivity index (χ3v) is 4.15. The molecular formula is C19H25N3O4. The topological polar surface area (TPSA) is 79.0 Å². The van der Waals surface area contributed by atoms with Crippen LogP contribution in [0.1, 0.15) is 28.8 Å². The van der Waals surface area contributed by atoms with Crippen molar-refractivity contribution in [3.8, 4) is 0 Å². The molecular weight excluding hydrogens is 334 g/mol. The summed E-state index contributed by atoms with van der Waals surface area (Å²) in [6, 6.07) is 7.11. The van der Waals surface area contributed by atoms with Crippen molar-refractivity contribution < 1.29 is 19.1 Å². The monoisotopic (exact) mass is 359 g/mol. The van der Waals surface area contributed by atoms with Crippen molar-refractivity contribution >= 4 is 17.9 Å². The second-order valence-corrected chi connectivity index (χ2v) is 6.41. The number of hydrogen-bond donors (Lipinski definition) is 1. The van der Waals surface area contributed by atoms with Crippen LogP contribution in [-0.4, -0.2) is 61.0 Å². The Morgan fingerprint density at radius 2 is 2.00 bits per heavy atom. The van der Waals surface area contributed by atoms with Gasteiger partial charge in [0.2, 0.25) is 5.91 Å². The van der Waals surface area contributed by atoms with Gasteiger partial charge in [0, 0.05) is 32.7 Å². The Kier molecular flexibility index (Phi) is 6.77. The van der Waals surface area contributed by atoms with Crippen LogP contribution in [0.25, 0.3) is 0 Å². The lowest BCUT2D eigenvalue weighted by Crippen LogP contribution is -2.44. The number of carbonyl (C=O) groups excluding carboxylic acids is 3. The number of nitrogens with zero attached hydrogens (tertiary/aromatic N) is 2. The second-order valence-electron chi connectivity index (χ2n) is 6.41. The van der Waals surface area contributed by atoms with E-state index in [4.69, 9.17) is 4.74 Å². The Morgan fingerprint density at radius 1 is 1.31 bits per heavy atom. The molecule has 1 aliphatic heterocycles. The van der Waals surface area contributed by atoms with E-state index in [0.29, 0.717) is 25.2 Å². The number of nitrogens with one attached hydrogen (secondary N) is 1. The van der Waals surface area contributed by atoms with Gasteiger partial charge in [-0.1, -0.05) is 18.7 Å². The van der Waals surface area contributed by atoms with Crippen LogP contribution in [0.15, 0.2) is 36.9 Å². The minimum atomic E-state index is -0.393. The highest BCUT2D eigenvalue weighted by Crippen LogP contribution is 2.17. The molecule has 1 atom stereocenters. The fourth-order valence-electron chi connectivity index (χ4n) is 2.68. The van der Waals surface area contributed by atoms with Crippen molar-refractivity contribution in [2.75, 3.05) is 27.2 Å². The van der Waals surface area contributed by atoms with Crippen LogP contribution < -0.4 is 5.32 Å². The maximum Gasteiger partial charge on any atom is 0.409 e. The van der Waals surface area contributed by atoms with Crippen LogP contribution in [0, 0.1) is 0 Å². The molecule has 0 saturated carbocycles. The molecule has 1 unspecified atom stereocenters. The Morgan fingerprint density at radius 3 is 2.62 bits per heavy atom. The molecule has 0 bridgehead atoms. The summed E-state index contributed by atoms with van der Waals surface area (Å²) in [7, 11) is 3.26. The smallest absolute Gasteiger partial charge is 0.409 e. The summed E-state index contributed by atoms with van der Waals surface area (Å²) in [5.74, 6) is -0.325. The van der Waals surface area contributed by atoms with E-state index >= 15 is 0 Å². The molecule has 1 aromatic rings. The zero-order valence-electron chi connectivity index (χ0n) is 15.2. The van der Waals surface area contributed by atoms with Crippen molar-refractivity contribution in [2.45, 2.75) is 25.5 Å². The summed E-state index contributed by atoms with van der Waals surface area (Å²) >= 11 is 0. The van der Waals surface area contributed by atoms with Gasteiger partial charge in [-0.25, -0.2) is 4.79 Å². The summed E-state index contributed by atoms with van der Waals surface area (Å²) < 4.78 is 5.40. The average Bonchev–Trinajstić information content (AvgIpc) is 2.66. The van der Waals surface area contributed by atoms with E-state index in [1.807, 2.05) is 12.1 Å². The van der Waals surface area contributed by atoms with Crippen LogP contribution in [-0.2, 0) is 16.1 Å². The lowest BCUT2D eigenvalue weighted by Gasteiger charge is -2.33. The minimum absolute atomic E-state index is 0.0859. The molecule has 7 heteroatoms. The first-order valence-corrected chi connectivity index (χ1v) is 8.57. The van der Waals surface area contributed by atoms with Crippen LogP contribution >= 0.6 is 0 Å². The molecule has 0 aliphatic carbocycles. The lowest BCUT2D eigenvalue weighted by molar-refractivity contribution is -0.116. The summed E-state index contributed by atoms with van der Waals surface area (Å²) in [5.41, 5.74) is 1.47. The number of likely N-dealkylation sites (tertiary alicyclic amines) is 1. The molecule has 1 heterocycles. The first kappa shape index (κ1) is 19.5. The maximum atomic E-state index is 12.7. The molecule has 2 rings (SSSR count). The van der Waals surface area contributed by atoms with E-state index in [9.17, 15) is 14.4 Å². The van der Waals surface area contributed by atoms with E-state index in [1.54, 1.807) is 31.1 Å². The zero-order valence-corrected chi connectivity index (χ0v) is 15.2. The highest BCUT2D eigenvalue weighted by molar-refractivity contribution is 5.94.